The molecule has 0 fully saturated rings. The number of fused-ring (bicyclic) bond motifs is 1. The molecule has 0 bridgehead atoms. The van der Waals surface area contributed by atoms with Crippen LogP contribution in [0.3, 0.4) is 0 Å². The van der Waals surface area contributed by atoms with Gasteiger partial charge < -0.3 is 19.1 Å². The van der Waals surface area contributed by atoms with Gasteiger partial charge in [-0.25, -0.2) is 9.97 Å². The second-order valence-electron chi connectivity index (χ2n) is 6.82. The second kappa shape index (κ2) is 9.72. The topological polar surface area (TPSA) is 73.8 Å². The van der Waals surface area contributed by atoms with Crippen molar-refractivity contribution >= 4 is 50.4 Å². The van der Waals surface area contributed by atoms with E-state index in [4.69, 9.17) is 25.8 Å². The number of hydrogen-bond donors (Lipinski definition) is 0. The molecule has 3 heterocycles. The van der Waals surface area contributed by atoms with Gasteiger partial charge in [0.1, 0.15) is 11.2 Å². The molecule has 0 spiro atoms. The average molecular weight is 490 g/mol. The maximum atomic E-state index is 12.6. The van der Waals surface area contributed by atoms with Gasteiger partial charge in [-0.1, -0.05) is 17.7 Å². The summed E-state index contributed by atoms with van der Waals surface area (Å²) in [6.45, 7) is 0.330. The maximum absolute atomic E-state index is 12.6. The number of methoxy groups -OCH3 is 2. The highest BCUT2D eigenvalue weighted by Crippen LogP contribution is 2.40. The molecule has 0 aliphatic carbocycles. The molecule has 1 aromatic carbocycles. The van der Waals surface area contributed by atoms with E-state index >= 15 is 0 Å². The van der Waals surface area contributed by atoms with Crippen LogP contribution in [0.15, 0.2) is 42.0 Å². The van der Waals surface area contributed by atoms with Gasteiger partial charge in [-0.05, 0) is 29.8 Å². The Morgan fingerprint density at radius 3 is 2.66 bits per heavy atom. The van der Waals surface area contributed by atoms with Crippen molar-refractivity contribution in [2.24, 2.45) is 0 Å². The Hall–Kier alpha value is -2.88. The summed E-state index contributed by atoms with van der Waals surface area (Å²) in [6.07, 6.45) is 1.44. The molecule has 4 aromatic rings. The second-order valence-corrected chi connectivity index (χ2v) is 9.48. The smallest absolute Gasteiger partial charge is 0.260 e. The first-order valence-electron chi connectivity index (χ1n) is 9.55. The summed E-state index contributed by atoms with van der Waals surface area (Å²) in [6, 6.07) is 9.40. The fourth-order valence-electron chi connectivity index (χ4n) is 3.17. The van der Waals surface area contributed by atoms with E-state index in [1.165, 1.54) is 29.0 Å². The van der Waals surface area contributed by atoms with E-state index in [0.29, 0.717) is 28.3 Å². The highest BCUT2D eigenvalue weighted by Gasteiger charge is 2.18. The third-order valence-electron chi connectivity index (χ3n) is 4.81. The van der Waals surface area contributed by atoms with Crippen LogP contribution in [0.2, 0.25) is 4.34 Å². The highest BCUT2D eigenvalue weighted by atomic mass is 35.5. The van der Waals surface area contributed by atoms with Crippen LogP contribution >= 0.6 is 34.3 Å². The lowest BCUT2D eigenvalue weighted by Gasteiger charge is -2.16. The van der Waals surface area contributed by atoms with Crippen LogP contribution < -0.4 is 14.2 Å². The lowest BCUT2D eigenvalue weighted by atomic mass is 10.1. The molecule has 4 rings (SSSR count). The molecule has 0 saturated carbocycles. The number of likely N-dealkylation sites (N-methyl/N-ethyl adjacent to an activating group) is 1. The molecule has 0 atom stereocenters. The van der Waals surface area contributed by atoms with Gasteiger partial charge in [0.05, 0.1) is 30.5 Å². The zero-order valence-corrected chi connectivity index (χ0v) is 20.0. The summed E-state index contributed by atoms with van der Waals surface area (Å²) in [4.78, 5) is 24.6. The standard InChI is InChI=1S/C22H20ClN3O4S2/c1-26(9-14-5-7-18(23)32-14)19(27)10-30-21-20-15(11-31-22(20)25-12-24-21)13-4-6-16(28-2)17(8-13)29-3/h4-8,11-12H,9-10H2,1-3H3. The van der Waals surface area contributed by atoms with Gasteiger partial charge in [0.25, 0.3) is 5.91 Å². The van der Waals surface area contributed by atoms with Gasteiger partial charge in [-0.2, -0.15) is 0 Å². The summed E-state index contributed by atoms with van der Waals surface area (Å²) in [5.74, 6) is 1.46. The minimum absolute atomic E-state index is 0.136. The summed E-state index contributed by atoms with van der Waals surface area (Å²) < 4.78 is 17.3. The van der Waals surface area contributed by atoms with Crippen LogP contribution in [-0.4, -0.2) is 48.6 Å². The Morgan fingerprint density at radius 1 is 1.12 bits per heavy atom. The molecule has 1 amide bonds. The number of benzene rings is 1. The van der Waals surface area contributed by atoms with Crippen molar-refractivity contribution in [2.45, 2.75) is 6.54 Å². The van der Waals surface area contributed by atoms with Crippen molar-refractivity contribution in [1.29, 1.82) is 0 Å². The number of halogens is 1. The molecule has 32 heavy (non-hydrogen) atoms. The average Bonchev–Trinajstić information content (AvgIpc) is 3.43. The van der Waals surface area contributed by atoms with E-state index in [9.17, 15) is 4.79 Å². The third-order valence-corrected chi connectivity index (χ3v) is 6.91. The van der Waals surface area contributed by atoms with E-state index in [2.05, 4.69) is 9.97 Å². The Bertz CT molecular complexity index is 1260. The number of thiophene rings is 2. The van der Waals surface area contributed by atoms with E-state index in [1.807, 2.05) is 35.7 Å². The van der Waals surface area contributed by atoms with Gasteiger partial charge in [0.2, 0.25) is 5.88 Å². The Kier molecular flexibility index (Phi) is 6.78. The predicted molar refractivity (Wildman–Crippen MR) is 127 cm³/mol. The van der Waals surface area contributed by atoms with Crippen molar-refractivity contribution in [3.8, 4) is 28.5 Å². The van der Waals surface area contributed by atoms with Crippen LogP contribution in [0, 0.1) is 0 Å². The van der Waals surface area contributed by atoms with Crippen LogP contribution in [0.1, 0.15) is 4.88 Å². The first-order valence-corrected chi connectivity index (χ1v) is 11.6. The van der Waals surface area contributed by atoms with Crippen LogP contribution in [0.25, 0.3) is 21.3 Å². The molecule has 0 aliphatic rings. The Labute approximate surface area is 198 Å². The van der Waals surface area contributed by atoms with Crippen molar-refractivity contribution in [3.63, 3.8) is 0 Å². The van der Waals surface area contributed by atoms with Gasteiger partial charge in [-0.3, -0.25) is 4.79 Å². The summed E-state index contributed by atoms with van der Waals surface area (Å²) in [7, 11) is 4.92. The first-order chi connectivity index (χ1) is 15.5. The Balaban J connectivity index is 1.56. The van der Waals surface area contributed by atoms with Crippen molar-refractivity contribution in [3.05, 3.63) is 51.3 Å². The number of aromatic nitrogens is 2. The fourth-order valence-corrected chi connectivity index (χ4v) is 5.22. The van der Waals surface area contributed by atoms with Crippen LogP contribution in [-0.2, 0) is 11.3 Å². The van der Waals surface area contributed by atoms with Crippen LogP contribution in [0.5, 0.6) is 17.4 Å². The number of ether oxygens (including phenoxy) is 3. The molecular weight excluding hydrogens is 470 g/mol. The van der Waals surface area contributed by atoms with E-state index < -0.39 is 0 Å². The van der Waals surface area contributed by atoms with Crippen molar-refractivity contribution < 1.29 is 19.0 Å². The SMILES string of the molecule is COc1ccc(-c2csc3ncnc(OCC(=O)N(C)Cc4ccc(Cl)s4)c23)cc1OC. The summed E-state index contributed by atoms with van der Waals surface area (Å²) in [5, 5.41) is 2.74. The van der Waals surface area contributed by atoms with E-state index in [0.717, 1.165) is 26.2 Å². The zero-order valence-electron chi connectivity index (χ0n) is 17.6. The number of nitrogens with zero attached hydrogens (tertiary/aromatic N) is 3. The van der Waals surface area contributed by atoms with E-state index in [-0.39, 0.29) is 12.5 Å². The normalized spacial score (nSPS) is 10.9. The largest absolute Gasteiger partial charge is 0.493 e. The third kappa shape index (κ3) is 4.64. The maximum Gasteiger partial charge on any atom is 0.260 e. The molecule has 3 aromatic heterocycles. The monoisotopic (exact) mass is 489 g/mol. The molecule has 10 heteroatoms. The minimum atomic E-state index is -0.163. The molecule has 0 unspecified atom stereocenters. The van der Waals surface area contributed by atoms with Crippen molar-refractivity contribution in [2.75, 3.05) is 27.9 Å². The molecule has 0 saturated heterocycles. The number of carbonyl (C=O) groups is 1. The van der Waals surface area contributed by atoms with Crippen molar-refractivity contribution in [1.82, 2.24) is 14.9 Å². The lowest BCUT2D eigenvalue weighted by molar-refractivity contribution is -0.132. The minimum Gasteiger partial charge on any atom is -0.493 e. The molecular formula is C22H20ClN3O4S2. The number of amides is 1. The predicted octanol–water partition coefficient (Wildman–Crippen LogP) is 5.13. The molecule has 0 N–H and O–H groups in total. The number of rotatable bonds is 8. The summed E-state index contributed by atoms with van der Waals surface area (Å²) in [5.41, 5.74) is 1.81. The fraction of sp³-hybridized carbons (Fsp3) is 0.227. The number of hydrogen-bond acceptors (Lipinski definition) is 8. The lowest BCUT2D eigenvalue weighted by Crippen LogP contribution is -2.30. The Morgan fingerprint density at radius 2 is 1.94 bits per heavy atom. The molecule has 7 nitrogen and oxygen atoms in total. The van der Waals surface area contributed by atoms with Gasteiger partial charge in [0, 0.05) is 22.9 Å². The zero-order chi connectivity index (χ0) is 22.7. The quantitative estimate of drug-likeness (QED) is 0.341. The molecule has 0 radical (unpaired) electrons. The number of carbonyl (C=O) groups excluding carboxylic acids is 1. The highest BCUT2D eigenvalue weighted by molar-refractivity contribution is 7.17. The van der Waals surface area contributed by atoms with Gasteiger partial charge >= 0.3 is 0 Å². The van der Waals surface area contributed by atoms with E-state index in [1.54, 1.807) is 26.2 Å². The van der Waals surface area contributed by atoms with Gasteiger partial charge in [-0.15, -0.1) is 22.7 Å². The molecule has 0 aliphatic heterocycles. The molecule has 166 valence electrons. The first kappa shape index (κ1) is 22.3. The summed E-state index contributed by atoms with van der Waals surface area (Å²) >= 11 is 8.90. The van der Waals surface area contributed by atoms with Crippen LogP contribution in [0.4, 0.5) is 0 Å². The van der Waals surface area contributed by atoms with Gasteiger partial charge in [0.15, 0.2) is 18.1 Å².